The zero-order valence-electron chi connectivity index (χ0n) is 24.5. The fourth-order valence-corrected chi connectivity index (χ4v) is 6.94. The van der Waals surface area contributed by atoms with Gasteiger partial charge in [0.05, 0.1) is 70.9 Å². The maximum Gasteiger partial charge on any atom is 0.307 e. The molecule has 0 atom stereocenters. The van der Waals surface area contributed by atoms with Crippen LogP contribution in [0.15, 0.2) is 36.2 Å². The van der Waals surface area contributed by atoms with Gasteiger partial charge in [0.2, 0.25) is 5.95 Å². The summed E-state index contributed by atoms with van der Waals surface area (Å²) in [6.45, 7) is 11.1. The predicted octanol–water partition coefficient (Wildman–Crippen LogP) is 5.64. The first-order valence-corrected chi connectivity index (χ1v) is 16.2. The van der Waals surface area contributed by atoms with Crippen LogP contribution < -0.4 is 5.32 Å². The Kier molecular flexibility index (Phi) is 9.15. The molecular weight excluding hydrogens is 571 g/mol. The van der Waals surface area contributed by atoms with Gasteiger partial charge in [-0.25, -0.2) is 9.97 Å². The van der Waals surface area contributed by atoms with Crippen LogP contribution in [-0.2, 0) is 21.6 Å². The zero-order valence-corrected chi connectivity index (χ0v) is 26.2. The molecule has 1 aliphatic rings. The van der Waals surface area contributed by atoms with E-state index in [1.54, 1.807) is 22.2 Å². The Morgan fingerprint density at radius 2 is 2.07 bits per heavy atom. The highest BCUT2D eigenvalue weighted by atomic mass is 32.2. The largest absolute Gasteiger partial charge is 0.466 e. The summed E-state index contributed by atoms with van der Waals surface area (Å²) in [6, 6.07) is 4.37. The Morgan fingerprint density at radius 1 is 1.24 bits per heavy atom. The summed E-state index contributed by atoms with van der Waals surface area (Å²) in [4.78, 5) is 23.9. The quantitative estimate of drug-likeness (QED) is 0.142. The van der Waals surface area contributed by atoms with Gasteiger partial charge in [0.15, 0.2) is 0 Å². The third kappa shape index (κ3) is 6.45. The number of rotatable bonds is 14. The van der Waals surface area contributed by atoms with E-state index in [1.165, 1.54) is 0 Å². The molecule has 1 fully saturated rings. The van der Waals surface area contributed by atoms with Crippen LogP contribution in [0.4, 0.5) is 11.6 Å². The van der Waals surface area contributed by atoms with Gasteiger partial charge in [-0.3, -0.25) is 19.1 Å². The van der Waals surface area contributed by atoms with Crippen molar-refractivity contribution in [1.29, 1.82) is 5.26 Å². The number of hydrogen-bond acceptors (Lipinski definition) is 11. The number of aromatic nitrogens is 6. The van der Waals surface area contributed by atoms with Crippen LogP contribution in [0, 0.1) is 11.3 Å². The molecule has 0 bridgehead atoms. The molecule has 0 unspecified atom stereocenters. The number of ether oxygens (including phenoxy) is 1. The number of nitriles is 1. The Bertz CT molecular complexity index is 1560. The number of carbonyl (C=O) groups is 1. The number of thiophene rings is 1. The van der Waals surface area contributed by atoms with Crippen molar-refractivity contribution in [2.24, 2.45) is 0 Å². The van der Waals surface area contributed by atoms with E-state index in [2.05, 4.69) is 49.1 Å². The minimum atomic E-state index is -0.363. The van der Waals surface area contributed by atoms with Gasteiger partial charge in [0, 0.05) is 31.0 Å². The smallest absolute Gasteiger partial charge is 0.307 e. The molecule has 0 aromatic carbocycles. The number of carbonyl (C=O) groups excluding carboxylic acids is 1. The van der Waals surface area contributed by atoms with Crippen molar-refractivity contribution in [3.8, 4) is 17.3 Å². The molecule has 0 saturated carbocycles. The van der Waals surface area contributed by atoms with Gasteiger partial charge in [0.1, 0.15) is 5.54 Å². The molecule has 11 nitrogen and oxygen atoms in total. The average molecular weight is 608 g/mol. The molecule has 5 rings (SSSR count). The third-order valence-electron chi connectivity index (χ3n) is 7.48. The maximum absolute atomic E-state index is 11.9. The van der Waals surface area contributed by atoms with Crippen LogP contribution >= 0.6 is 23.1 Å². The monoisotopic (exact) mass is 607 g/mol. The summed E-state index contributed by atoms with van der Waals surface area (Å²) >= 11 is 3.50. The predicted molar refractivity (Wildman–Crippen MR) is 167 cm³/mol. The van der Waals surface area contributed by atoms with Gasteiger partial charge in [-0.1, -0.05) is 20.3 Å². The molecule has 222 valence electrons. The normalized spacial score (nSPS) is 14.9. The second-order valence-electron chi connectivity index (χ2n) is 10.9. The fraction of sp³-hybridized carbons (Fsp3) is 0.517. The van der Waals surface area contributed by atoms with Crippen LogP contribution in [0.5, 0.6) is 0 Å². The van der Waals surface area contributed by atoms with Gasteiger partial charge in [-0.05, 0) is 37.5 Å². The molecule has 1 N–H and O–H groups in total. The molecule has 42 heavy (non-hydrogen) atoms. The number of fused-ring (bicyclic) bond motifs is 1. The number of unbranched alkanes of at least 4 members (excludes halogenated alkanes) is 1. The standard InChI is InChI=1S/C29H37N9O2S2/c1-5-7-13-40-24(39)8-12-37-18-22(16-31-37)33-27-34-23-9-14-41-26(23)25(35-27)21-15-32-38(17-21)29(10-11-30)19-36(20-29)28(3,4)42-6-2/h9,14-18H,5-8,10,12-13,19-20H2,1-4H3,(H,33,34,35). The minimum absolute atomic E-state index is 0.00575. The number of esters is 1. The van der Waals surface area contributed by atoms with Crippen LogP contribution in [0.2, 0.25) is 0 Å². The topological polar surface area (TPSA) is 127 Å². The number of aryl methyl sites for hydroxylation is 1. The van der Waals surface area contributed by atoms with Crippen molar-refractivity contribution in [1.82, 2.24) is 34.4 Å². The first-order valence-electron chi connectivity index (χ1n) is 14.3. The van der Waals surface area contributed by atoms with Crippen molar-refractivity contribution < 1.29 is 9.53 Å². The molecule has 0 radical (unpaired) electrons. The number of nitrogens with one attached hydrogen (secondary N) is 1. The molecule has 0 spiro atoms. The summed E-state index contributed by atoms with van der Waals surface area (Å²) in [5.41, 5.74) is 2.86. The lowest BCUT2D eigenvalue weighted by Crippen LogP contribution is -2.67. The minimum Gasteiger partial charge on any atom is -0.466 e. The van der Waals surface area contributed by atoms with E-state index >= 15 is 0 Å². The molecule has 0 amide bonds. The van der Waals surface area contributed by atoms with E-state index in [4.69, 9.17) is 19.8 Å². The molecule has 5 heterocycles. The van der Waals surface area contributed by atoms with Gasteiger partial charge < -0.3 is 10.1 Å². The van der Waals surface area contributed by atoms with Crippen LogP contribution in [0.25, 0.3) is 21.5 Å². The summed E-state index contributed by atoms with van der Waals surface area (Å²) in [7, 11) is 0. The van der Waals surface area contributed by atoms with Crippen molar-refractivity contribution in [2.45, 2.75) is 70.3 Å². The van der Waals surface area contributed by atoms with E-state index < -0.39 is 0 Å². The average Bonchev–Trinajstić information content (AvgIpc) is 3.70. The number of nitrogens with zero attached hydrogens (tertiary/aromatic N) is 8. The molecule has 1 saturated heterocycles. The van der Waals surface area contributed by atoms with Crippen LogP contribution in [-0.4, -0.2) is 70.7 Å². The van der Waals surface area contributed by atoms with E-state index in [-0.39, 0.29) is 22.8 Å². The second-order valence-corrected chi connectivity index (χ2v) is 13.7. The highest BCUT2D eigenvalue weighted by Crippen LogP contribution is 2.42. The van der Waals surface area contributed by atoms with Gasteiger partial charge in [-0.15, -0.1) is 23.1 Å². The molecular formula is C29H37N9O2S2. The molecule has 1 aliphatic heterocycles. The van der Waals surface area contributed by atoms with E-state index in [0.717, 1.165) is 58.8 Å². The number of likely N-dealkylation sites (tertiary alicyclic amines) is 1. The molecule has 4 aromatic heterocycles. The first kappa shape index (κ1) is 30.0. The van der Waals surface area contributed by atoms with E-state index in [0.29, 0.717) is 25.5 Å². The van der Waals surface area contributed by atoms with Crippen molar-refractivity contribution in [3.63, 3.8) is 0 Å². The Morgan fingerprint density at radius 3 is 2.83 bits per heavy atom. The van der Waals surface area contributed by atoms with E-state index in [1.807, 2.05) is 46.5 Å². The lowest BCUT2D eigenvalue weighted by molar-refractivity contribution is -0.144. The van der Waals surface area contributed by atoms with Crippen molar-refractivity contribution in [3.05, 3.63) is 36.2 Å². The highest BCUT2D eigenvalue weighted by molar-refractivity contribution is 8.00. The zero-order chi connectivity index (χ0) is 29.7. The van der Waals surface area contributed by atoms with Gasteiger partial charge in [0.25, 0.3) is 0 Å². The lowest BCUT2D eigenvalue weighted by atomic mass is 9.85. The van der Waals surface area contributed by atoms with Gasteiger partial charge >= 0.3 is 5.97 Å². The first-order chi connectivity index (χ1) is 20.3. The summed E-state index contributed by atoms with van der Waals surface area (Å²) in [5.74, 6) is 1.26. The Labute approximate surface area is 254 Å². The maximum atomic E-state index is 11.9. The molecule has 4 aromatic rings. The fourth-order valence-electron chi connectivity index (χ4n) is 5.08. The lowest BCUT2D eigenvalue weighted by Gasteiger charge is -2.55. The summed E-state index contributed by atoms with van der Waals surface area (Å²) in [6.07, 6.45) is 9.86. The SMILES string of the molecule is CCCCOC(=O)CCn1cc(Nc2nc(-c3cnn(C4(CC#N)CN(C(C)(C)SCC)C4)c3)c3sccc3n2)cn1. The Balaban J connectivity index is 1.32. The van der Waals surface area contributed by atoms with Crippen molar-refractivity contribution >= 4 is 50.9 Å². The van der Waals surface area contributed by atoms with E-state index in [9.17, 15) is 10.1 Å². The Hall–Kier alpha value is -3.47. The summed E-state index contributed by atoms with van der Waals surface area (Å²) in [5, 5.41) is 24.0. The third-order valence-corrected chi connectivity index (χ3v) is 9.64. The molecule has 0 aliphatic carbocycles. The van der Waals surface area contributed by atoms with Crippen molar-refractivity contribution in [2.75, 3.05) is 30.8 Å². The second kappa shape index (κ2) is 12.8. The highest BCUT2D eigenvalue weighted by Gasteiger charge is 2.50. The number of thioether (sulfide) groups is 1. The summed E-state index contributed by atoms with van der Waals surface area (Å²) < 4.78 is 9.87. The number of anilines is 2. The van der Waals surface area contributed by atoms with Crippen LogP contribution in [0.1, 0.15) is 53.4 Å². The molecule has 13 heteroatoms. The van der Waals surface area contributed by atoms with Crippen LogP contribution in [0.3, 0.4) is 0 Å². The number of hydrogen-bond donors (Lipinski definition) is 1. The van der Waals surface area contributed by atoms with Gasteiger partial charge in [-0.2, -0.15) is 15.5 Å².